The molecule has 0 aromatic rings. The predicted octanol–water partition coefficient (Wildman–Crippen LogP) is 3.62. The number of allylic oxidation sites excluding steroid dienone is 1. The van der Waals surface area contributed by atoms with E-state index in [0.29, 0.717) is 18.3 Å². The third kappa shape index (κ3) is 1.73. The zero-order valence-electron chi connectivity index (χ0n) is 13.8. The Kier molecular flexibility index (Phi) is 3.30. The van der Waals surface area contributed by atoms with Gasteiger partial charge in [0.2, 0.25) is 0 Å². The fourth-order valence-electron chi connectivity index (χ4n) is 6.66. The Bertz CT molecular complexity index is 504. The third-order valence-electron chi connectivity index (χ3n) is 8.09. The van der Waals surface area contributed by atoms with Gasteiger partial charge < -0.3 is 10.2 Å². The monoisotopic (exact) mass is 308 g/mol. The molecule has 22 heavy (non-hydrogen) atoms. The average molecular weight is 308 g/mol. The molecule has 2 nitrogen and oxygen atoms in total. The number of alkyl halides is 1. The van der Waals surface area contributed by atoms with Crippen molar-refractivity contribution in [2.45, 2.75) is 77.2 Å². The number of fused-ring (bicyclic) bond motifs is 5. The van der Waals surface area contributed by atoms with Crippen LogP contribution in [0.4, 0.5) is 4.39 Å². The molecule has 0 saturated heterocycles. The van der Waals surface area contributed by atoms with E-state index in [4.69, 9.17) is 0 Å². The maximum absolute atomic E-state index is 14.2. The maximum Gasteiger partial charge on any atom is 0.127 e. The predicted molar refractivity (Wildman–Crippen MR) is 84.0 cm³/mol. The zero-order valence-corrected chi connectivity index (χ0v) is 13.8. The fraction of sp³-hybridized carbons (Fsp3) is 0.895. The topological polar surface area (TPSA) is 40.5 Å². The first-order valence-corrected chi connectivity index (χ1v) is 9.08. The summed E-state index contributed by atoms with van der Waals surface area (Å²) in [5, 5.41) is 21.1. The normalized spacial score (nSPS) is 57.6. The first-order valence-electron chi connectivity index (χ1n) is 9.08. The Morgan fingerprint density at radius 1 is 1.18 bits per heavy atom. The Labute approximate surface area is 132 Å². The number of aliphatic hydroxyl groups is 2. The highest BCUT2D eigenvalue weighted by molar-refractivity contribution is 5.26. The van der Waals surface area contributed by atoms with Crippen molar-refractivity contribution in [3.63, 3.8) is 0 Å². The maximum atomic E-state index is 14.2. The van der Waals surface area contributed by atoms with Crippen LogP contribution in [0, 0.1) is 28.6 Å². The van der Waals surface area contributed by atoms with Gasteiger partial charge in [0.1, 0.15) is 6.17 Å². The van der Waals surface area contributed by atoms with Crippen LogP contribution >= 0.6 is 0 Å². The van der Waals surface area contributed by atoms with Crippen molar-refractivity contribution in [2.24, 2.45) is 28.6 Å². The SMILES string of the molecule is C[C@]12CC[C@@H]3[C@@H](CC=C4CCCC(O)[C@@]43C)[C@@H]1CC(F)C2O. The zero-order chi connectivity index (χ0) is 15.7. The van der Waals surface area contributed by atoms with Crippen LogP contribution in [0.25, 0.3) is 0 Å². The van der Waals surface area contributed by atoms with Crippen molar-refractivity contribution in [3.8, 4) is 0 Å². The van der Waals surface area contributed by atoms with Gasteiger partial charge in [-0.15, -0.1) is 0 Å². The van der Waals surface area contributed by atoms with Crippen molar-refractivity contribution in [2.75, 3.05) is 0 Å². The molecule has 0 radical (unpaired) electrons. The van der Waals surface area contributed by atoms with E-state index in [1.54, 1.807) is 0 Å². The molecule has 3 saturated carbocycles. The number of hydrogen-bond acceptors (Lipinski definition) is 2. The molecule has 0 amide bonds. The first-order chi connectivity index (χ1) is 10.4. The Balaban J connectivity index is 1.72. The van der Waals surface area contributed by atoms with Gasteiger partial charge in [0, 0.05) is 5.41 Å². The van der Waals surface area contributed by atoms with E-state index in [1.807, 2.05) is 0 Å². The van der Waals surface area contributed by atoms with Crippen LogP contribution in [0.2, 0.25) is 0 Å². The van der Waals surface area contributed by atoms with Gasteiger partial charge in [-0.2, -0.15) is 0 Å². The molecular formula is C19H29FO2. The number of rotatable bonds is 0. The lowest BCUT2D eigenvalue weighted by molar-refractivity contribution is -0.102. The molecule has 4 rings (SSSR count). The van der Waals surface area contributed by atoms with Crippen LogP contribution in [0.5, 0.6) is 0 Å². The highest BCUT2D eigenvalue weighted by Gasteiger charge is 2.62. The molecule has 0 bridgehead atoms. The van der Waals surface area contributed by atoms with Gasteiger partial charge in [0.25, 0.3) is 0 Å². The van der Waals surface area contributed by atoms with Crippen LogP contribution in [0.3, 0.4) is 0 Å². The smallest absolute Gasteiger partial charge is 0.127 e. The van der Waals surface area contributed by atoms with Crippen LogP contribution in [-0.4, -0.2) is 28.6 Å². The quantitative estimate of drug-likeness (QED) is 0.671. The number of hydrogen-bond donors (Lipinski definition) is 2. The van der Waals surface area contributed by atoms with Gasteiger partial charge in [-0.05, 0) is 68.1 Å². The lowest BCUT2D eigenvalue weighted by Gasteiger charge is -2.58. The van der Waals surface area contributed by atoms with Gasteiger partial charge in [-0.25, -0.2) is 4.39 Å². The summed E-state index contributed by atoms with van der Waals surface area (Å²) < 4.78 is 14.2. The summed E-state index contributed by atoms with van der Waals surface area (Å²) in [5.74, 6) is 1.15. The van der Waals surface area contributed by atoms with Crippen molar-refractivity contribution >= 4 is 0 Å². The molecule has 0 aliphatic heterocycles. The number of aliphatic hydroxyl groups excluding tert-OH is 2. The summed E-state index contributed by atoms with van der Waals surface area (Å²) in [6, 6.07) is 0. The Morgan fingerprint density at radius 2 is 1.95 bits per heavy atom. The molecule has 2 N–H and O–H groups in total. The van der Waals surface area contributed by atoms with Gasteiger partial charge in [0.15, 0.2) is 0 Å². The second-order valence-electron chi connectivity index (χ2n) is 8.77. The van der Waals surface area contributed by atoms with Crippen LogP contribution in [0.15, 0.2) is 11.6 Å². The third-order valence-corrected chi connectivity index (χ3v) is 8.09. The highest BCUT2D eigenvalue weighted by atomic mass is 19.1. The molecule has 0 aromatic carbocycles. The summed E-state index contributed by atoms with van der Waals surface area (Å²) in [6.45, 7) is 4.34. The second-order valence-corrected chi connectivity index (χ2v) is 8.77. The molecule has 3 fully saturated rings. The lowest BCUT2D eigenvalue weighted by atomic mass is 9.47. The van der Waals surface area contributed by atoms with Crippen LogP contribution < -0.4 is 0 Å². The van der Waals surface area contributed by atoms with Gasteiger partial charge in [-0.3, -0.25) is 0 Å². The van der Waals surface area contributed by atoms with E-state index in [9.17, 15) is 14.6 Å². The Morgan fingerprint density at radius 3 is 2.73 bits per heavy atom. The average Bonchev–Trinajstić information content (AvgIpc) is 2.72. The molecule has 4 aliphatic carbocycles. The van der Waals surface area contributed by atoms with Crippen molar-refractivity contribution < 1.29 is 14.6 Å². The van der Waals surface area contributed by atoms with E-state index >= 15 is 0 Å². The fourth-order valence-corrected chi connectivity index (χ4v) is 6.66. The molecule has 0 spiro atoms. The molecule has 4 aliphatic rings. The minimum Gasteiger partial charge on any atom is -0.392 e. The van der Waals surface area contributed by atoms with Crippen molar-refractivity contribution in [3.05, 3.63) is 11.6 Å². The van der Waals surface area contributed by atoms with E-state index in [1.165, 1.54) is 5.57 Å². The second kappa shape index (κ2) is 4.80. The van der Waals surface area contributed by atoms with Crippen molar-refractivity contribution in [1.82, 2.24) is 0 Å². The largest absolute Gasteiger partial charge is 0.392 e. The summed E-state index contributed by atoms with van der Waals surface area (Å²) in [4.78, 5) is 0. The summed E-state index contributed by atoms with van der Waals surface area (Å²) in [6.07, 6.45) is 6.78. The molecule has 0 heterocycles. The molecule has 124 valence electrons. The first kappa shape index (κ1) is 15.1. The Hall–Kier alpha value is -0.410. The summed E-state index contributed by atoms with van der Waals surface area (Å²) in [7, 11) is 0. The molecule has 0 aromatic heterocycles. The minimum absolute atomic E-state index is 0.109. The van der Waals surface area contributed by atoms with Gasteiger partial charge in [0.05, 0.1) is 12.2 Å². The minimum atomic E-state index is -1.07. The van der Waals surface area contributed by atoms with Gasteiger partial charge in [-0.1, -0.05) is 25.5 Å². The summed E-state index contributed by atoms with van der Waals surface area (Å²) >= 11 is 0. The van der Waals surface area contributed by atoms with E-state index in [2.05, 4.69) is 19.9 Å². The summed E-state index contributed by atoms with van der Waals surface area (Å²) in [5.41, 5.74) is 1.08. The lowest BCUT2D eigenvalue weighted by Crippen LogP contribution is -2.54. The molecule has 3 heteroatoms. The molecule has 8 atom stereocenters. The molecule has 3 unspecified atom stereocenters. The highest BCUT2D eigenvalue weighted by Crippen LogP contribution is 2.65. The van der Waals surface area contributed by atoms with E-state index < -0.39 is 12.3 Å². The van der Waals surface area contributed by atoms with E-state index in [-0.39, 0.29) is 22.9 Å². The van der Waals surface area contributed by atoms with Crippen molar-refractivity contribution in [1.29, 1.82) is 0 Å². The number of halogens is 1. The van der Waals surface area contributed by atoms with Crippen LogP contribution in [0.1, 0.15) is 58.8 Å². The molecular weight excluding hydrogens is 279 g/mol. The van der Waals surface area contributed by atoms with Gasteiger partial charge >= 0.3 is 0 Å². The van der Waals surface area contributed by atoms with Crippen LogP contribution in [-0.2, 0) is 0 Å². The standard InChI is InChI=1S/C19H29FO2/c1-18-9-8-13-12(14(18)10-15(20)17(18)22)7-6-11-4-3-5-16(21)19(11,13)2/h6,12-17,21-22H,3-5,7-10H2,1-2H3/t12-,13-,14+,15?,16?,17?,18+,19+/m1/s1. The van der Waals surface area contributed by atoms with E-state index in [0.717, 1.165) is 38.5 Å².